The van der Waals surface area contributed by atoms with Crippen LogP contribution in [0, 0.1) is 6.92 Å². The molecule has 0 spiro atoms. The fourth-order valence-corrected chi connectivity index (χ4v) is 4.26. The number of anilines is 1. The first-order chi connectivity index (χ1) is 15.2. The number of aromatic nitrogens is 1. The molecule has 0 saturated carbocycles. The highest BCUT2D eigenvalue weighted by Crippen LogP contribution is 2.34. The van der Waals surface area contributed by atoms with Crippen molar-refractivity contribution in [1.82, 2.24) is 9.88 Å². The molecule has 1 aliphatic rings. The molecule has 0 aliphatic carbocycles. The Kier molecular flexibility index (Phi) is 5.18. The third kappa shape index (κ3) is 4.04. The lowest BCUT2D eigenvalue weighted by atomic mass is 10.0. The lowest BCUT2D eigenvalue weighted by Gasteiger charge is -2.37. The van der Waals surface area contributed by atoms with Crippen molar-refractivity contribution in [3.63, 3.8) is 0 Å². The summed E-state index contributed by atoms with van der Waals surface area (Å²) in [6, 6.07) is 19.1. The van der Waals surface area contributed by atoms with Crippen molar-refractivity contribution in [3.05, 3.63) is 99.9 Å². The molecule has 2 aromatic heterocycles. The molecule has 4 aromatic rings. The molecule has 3 heterocycles. The minimum absolute atomic E-state index is 0.0324. The largest absolute Gasteiger partial charge is 0.487 e. The van der Waals surface area contributed by atoms with Crippen molar-refractivity contribution in [3.8, 4) is 5.75 Å². The van der Waals surface area contributed by atoms with Crippen LogP contribution in [-0.2, 0) is 13.2 Å². The number of ether oxygens (including phenoxy) is 1. The number of carbonyl (C=O) groups is 1. The van der Waals surface area contributed by atoms with Gasteiger partial charge in [0.25, 0.3) is 5.91 Å². The molecule has 7 heteroatoms. The van der Waals surface area contributed by atoms with Crippen LogP contribution in [0.4, 0.5) is 5.69 Å². The van der Waals surface area contributed by atoms with Crippen molar-refractivity contribution in [2.45, 2.75) is 26.2 Å². The van der Waals surface area contributed by atoms with Gasteiger partial charge in [-0.15, -0.1) is 11.3 Å². The summed E-state index contributed by atoms with van der Waals surface area (Å²) in [5, 5.41) is 6.53. The van der Waals surface area contributed by atoms with Crippen molar-refractivity contribution in [1.29, 1.82) is 0 Å². The van der Waals surface area contributed by atoms with Crippen molar-refractivity contribution in [2.24, 2.45) is 0 Å². The average molecular weight is 432 g/mol. The van der Waals surface area contributed by atoms with Gasteiger partial charge in [-0.05, 0) is 48.9 Å². The molecule has 156 valence electrons. The van der Waals surface area contributed by atoms with E-state index in [-0.39, 0.29) is 12.1 Å². The van der Waals surface area contributed by atoms with E-state index in [0.29, 0.717) is 18.7 Å². The molecule has 1 amide bonds. The maximum Gasteiger partial charge on any atom is 0.258 e. The molecule has 0 radical (unpaired) electrons. The Labute approximate surface area is 184 Å². The molecule has 1 N–H and O–H groups in total. The number of carbonyl (C=O) groups excluding carboxylic acids is 1. The van der Waals surface area contributed by atoms with Crippen LogP contribution >= 0.6 is 11.3 Å². The first-order valence-corrected chi connectivity index (χ1v) is 10.9. The summed E-state index contributed by atoms with van der Waals surface area (Å²) in [5.41, 5.74) is 3.37. The van der Waals surface area contributed by atoms with Gasteiger partial charge in [0.05, 0.1) is 29.1 Å². The summed E-state index contributed by atoms with van der Waals surface area (Å²) in [6.07, 6.45) is 1.30. The van der Waals surface area contributed by atoms with E-state index in [2.05, 4.69) is 10.3 Å². The molecule has 0 saturated heterocycles. The minimum Gasteiger partial charge on any atom is -0.487 e. The molecule has 1 aliphatic heterocycles. The summed E-state index contributed by atoms with van der Waals surface area (Å²) in [5.74, 6) is 1.46. The summed E-state index contributed by atoms with van der Waals surface area (Å²) in [7, 11) is 0. The third-order valence-corrected chi connectivity index (χ3v) is 6.00. The first-order valence-electron chi connectivity index (χ1n) is 10.00. The normalized spacial score (nSPS) is 15.5. The van der Waals surface area contributed by atoms with E-state index >= 15 is 0 Å². The Morgan fingerprint density at radius 1 is 1.13 bits per heavy atom. The highest BCUT2D eigenvalue weighted by Gasteiger charge is 2.33. The summed E-state index contributed by atoms with van der Waals surface area (Å²) in [6.45, 7) is 2.79. The highest BCUT2D eigenvalue weighted by molar-refractivity contribution is 7.09. The monoisotopic (exact) mass is 431 g/mol. The predicted octanol–water partition coefficient (Wildman–Crippen LogP) is 5.39. The number of benzene rings is 2. The smallest absolute Gasteiger partial charge is 0.258 e. The van der Waals surface area contributed by atoms with Crippen LogP contribution in [0.5, 0.6) is 5.75 Å². The maximum absolute atomic E-state index is 13.3. The van der Waals surface area contributed by atoms with Crippen LogP contribution in [0.1, 0.15) is 38.5 Å². The second-order valence-corrected chi connectivity index (χ2v) is 8.38. The molecule has 2 aromatic carbocycles. The molecule has 0 bridgehead atoms. The third-order valence-electron chi connectivity index (χ3n) is 5.18. The number of aryl methyl sites for hydroxylation is 1. The van der Waals surface area contributed by atoms with E-state index in [0.717, 1.165) is 33.5 Å². The van der Waals surface area contributed by atoms with E-state index in [4.69, 9.17) is 9.15 Å². The van der Waals surface area contributed by atoms with E-state index in [1.54, 1.807) is 22.5 Å². The van der Waals surface area contributed by atoms with Gasteiger partial charge in [0, 0.05) is 11.1 Å². The molecule has 0 fully saturated rings. The zero-order chi connectivity index (χ0) is 21.2. The molecular formula is C24H21N3O3S. The minimum atomic E-state index is -0.317. The first kappa shape index (κ1) is 19.4. The summed E-state index contributed by atoms with van der Waals surface area (Å²) in [4.78, 5) is 19.5. The number of thiazole rings is 1. The molecule has 6 nitrogen and oxygen atoms in total. The zero-order valence-electron chi connectivity index (χ0n) is 16.9. The number of nitrogens with one attached hydrogen (secondary N) is 1. The number of rotatable bonds is 6. The maximum atomic E-state index is 13.3. The molecular weight excluding hydrogens is 410 g/mol. The van der Waals surface area contributed by atoms with Crippen LogP contribution < -0.4 is 10.1 Å². The van der Waals surface area contributed by atoms with Gasteiger partial charge in [-0.2, -0.15) is 0 Å². The Morgan fingerprint density at radius 3 is 2.71 bits per heavy atom. The number of nitrogens with zero attached hydrogens (tertiary/aromatic N) is 2. The number of fused-ring (bicyclic) bond motifs is 1. The SMILES string of the molecule is Cc1nc(COc2ccc(C3Nc4ccccc4C(=O)N3Cc3ccco3)cc2)cs1. The molecule has 1 unspecified atom stereocenters. The Hall–Kier alpha value is -3.58. The fourth-order valence-electron chi connectivity index (χ4n) is 3.67. The van der Waals surface area contributed by atoms with Gasteiger partial charge in [-0.3, -0.25) is 4.79 Å². The van der Waals surface area contributed by atoms with Crippen LogP contribution in [0.3, 0.4) is 0 Å². The lowest BCUT2D eigenvalue weighted by Crippen LogP contribution is -2.42. The van der Waals surface area contributed by atoms with Gasteiger partial charge in [-0.25, -0.2) is 4.98 Å². The van der Waals surface area contributed by atoms with Gasteiger partial charge in [0.15, 0.2) is 0 Å². The lowest BCUT2D eigenvalue weighted by molar-refractivity contribution is 0.0651. The van der Waals surface area contributed by atoms with Crippen molar-refractivity contribution >= 4 is 22.9 Å². The Bertz CT molecular complexity index is 1190. The van der Waals surface area contributed by atoms with Gasteiger partial charge in [-0.1, -0.05) is 24.3 Å². The van der Waals surface area contributed by atoms with Crippen molar-refractivity contribution < 1.29 is 13.9 Å². The number of hydrogen-bond donors (Lipinski definition) is 1. The second kappa shape index (κ2) is 8.28. The van der Waals surface area contributed by atoms with Gasteiger partial charge >= 0.3 is 0 Å². The average Bonchev–Trinajstić information content (AvgIpc) is 3.46. The van der Waals surface area contributed by atoms with E-state index in [9.17, 15) is 4.79 Å². The zero-order valence-corrected chi connectivity index (χ0v) is 17.8. The topological polar surface area (TPSA) is 67.6 Å². The highest BCUT2D eigenvalue weighted by atomic mass is 32.1. The quantitative estimate of drug-likeness (QED) is 0.443. The van der Waals surface area contributed by atoms with E-state index in [1.165, 1.54) is 0 Å². The van der Waals surface area contributed by atoms with E-state index < -0.39 is 0 Å². The number of amides is 1. The molecule has 5 rings (SSSR count). The Morgan fingerprint density at radius 2 is 1.97 bits per heavy atom. The van der Waals surface area contributed by atoms with E-state index in [1.807, 2.05) is 73.0 Å². The predicted molar refractivity (Wildman–Crippen MR) is 119 cm³/mol. The van der Waals surface area contributed by atoms with Crippen LogP contribution in [0.15, 0.2) is 76.7 Å². The van der Waals surface area contributed by atoms with Gasteiger partial charge in [0.1, 0.15) is 24.3 Å². The fraction of sp³-hybridized carbons (Fsp3) is 0.167. The van der Waals surface area contributed by atoms with Crippen LogP contribution in [0.2, 0.25) is 0 Å². The van der Waals surface area contributed by atoms with Gasteiger partial charge in [0.2, 0.25) is 0 Å². The number of para-hydroxylation sites is 1. The molecule has 1 atom stereocenters. The van der Waals surface area contributed by atoms with Crippen LogP contribution in [0.25, 0.3) is 0 Å². The van der Waals surface area contributed by atoms with Crippen LogP contribution in [-0.4, -0.2) is 15.8 Å². The summed E-state index contributed by atoms with van der Waals surface area (Å²) >= 11 is 1.61. The number of furan rings is 1. The van der Waals surface area contributed by atoms with Gasteiger partial charge < -0.3 is 19.4 Å². The number of hydrogen-bond acceptors (Lipinski definition) is 6. The molecule has 31 heavy (non-hydrogen) atoms. The van der Waals surface area contributed by atoms with Crippen molar-refractivity contribution in [2.75, 3.05) is 5.32 Å². The second-order valence-electron chi connectivity index (χ2n) is 7.32. The Balaban J connectivity index is 1.39. The summed E-state index contributed by atoms with van der Waals surface area (Å²) < 4.78 is 11.4. The standard InChI is InChI=1S/C24H21N3O3S/c1-16-25-18(15-31-16)14-30-19-10-8-17(9-11-19)23-26-22-7-3-2-6-21(22)24(28)27(23)13-20-5-4-12-29-20/h2-12,15,23,26H,13-14H2,1H3.